The summed E-state index contributed by atoms with van der Waals surface area (Å²) in [5.74, 6) is 0.868. The van der Waals surface area contributed by atoms with Gasteiger partial charge < -0.3 is 10.1 Å². The molecule has 0 aliphatic rings. The van der Waals surface area contributed by atoms with Crippen molar-refractivity contribution in [1.29, 1.82) is 0 Å². The molecule has 0 heterocycles. The molecule has 112 valence electrons. The third-order valence-electron chi connectivity index (χ3n) is 3.03. The van der Waals surface area contributed by atoms with Crippen LogP contribution in [0.2, 0.25) is 5.02 Å². The van der Waals surface area contributed by atoms with Gasteiger partial charge in [-0.05, 0) is 72.1 Å². The summed E-state index contributed by atoms with van der Waals surface area (Å²) in [5.41, 5.74) is 3.28. The van der Waals surface area contributed by atoms with Crippen molar-refractivity contribution < 1.29 is 4.74 Å². The molecule has 0 aliphatic heterocycles. The van der Waals surface area contributed by atoms with Gasteiger partial charge in [0.15, 0.2) is 0 Å². The van der Waals surface area contributed by atoms with E-state index in [1.165, 1.54) is 5.56 Å². The van der Waals surface area contributed by atoms with Gasteiger partial charge in [0.2, 0.25) is 0 Å². The quantitative estimate of drug-likeness (QED) is 0.719. The second-order valence-corrected chi connectivity index (χ2v) is 6.51. The molecule has 0 aromatic heterocycles. The van der Waals surface area contributed by atoms with Gasteiger partial charge in [-0.3, -0.25) is 0 Å². The van der Waals surface area contributed by atoms with E-state index in [4.69, 9.17) is 16.3 Å². The molecular weight excluding hydrogens is 350 g/mol. The van der Waals surface area contributed by atoms with Crippen LogP contribution in [0.4, 0.5) is 5.69 Å². The number of halogens is 2. The van der Waals surface area contributed by atoms with Gasteiger partial charge in [-0.1, -0.05) is 23.7 Å². The van der Waals surface area contributed by atoms with Crippen molar-refractivity contribution in [2.45, 2.75) is 33.4 Å². The Morgan fingerprint density at radius 1 is 1.19 bits per heavy atom. The number of rotatable bonds is 5. The Labute approximate surface area is 139 Å². The maximum atomic E-state index is 6.13. The molecule has 0 spiro atoms. The number of ether oxygens (including phenoxy) is 1. The molecule has 2 nitrogen and oxygen atoms in total. The molecule has 0 fully saturated rings. The van der Waals surface area contributed by atoms with Crippen molar-refractivity contribution in [2.24, 2.45) is 0 Å². The lowest BCUT2D eigenvalue weighted by Crippen LogP contribution is -2.06. The fourth-order valence-corrected chi connectivity index (χ4v) is 2.61. The molecule has 0 bridgehead atoms. The minimum Gasteiger partial charge on any atom is -0.490 e. The van der Waals surface area contributed by atoms with E-state index in [1.54, 1.807) is 0 Å². The van der Waals surface area contributed by atoms with E-state index < -0.39 is 0 Å². The molecule has 0 amide bonds. The van der Waals surface area contributed by atoms with E-state index in [0.717, 1.165) is 33.0 Å². The highest BCUT2D eigenvalue weighted by Crippen LogP contribution is 2.27. The monoisotopic (exact) mass is 367 g/mol. The Balaban J connectivity index is 2.03. The fourth-order valence-electron chi connectivity index (χ4n) is 1.91. The Bertz CT molecular complexity index is 628. The van der Waals surface area contributed by atoms with Gasteiger partial charge in [0.25, 0.3) is 0 Å². The number of benzene rings is 2. The summed E-state index contributed by atoms with van der Waals surface area (Å²) in [6.45, 7) is 6.77. The predicted octanol–water partition coefficient (Wildman–Crippen LogP) is 5.81. The molecule has 0 radical (unpaired) electrons. The topological polar surface area (TPSA) is 21.3 Å². The molecule has 4 heteroatoms. The number of anilines is 1. The van der Waals surface area contributed by atoms with Crippen molar-refractivity contribution in [2.75, 3.05) is 5.32 Å². The molecule has 0 unspecified atom stereocenters. The standard InChI is InChI=1S/C17H19BrClNO/c1-11(2)21-17-7-5-13(8-15(17)18)10-20-14-6-4-12(3)16(19)9-14/h4-9,11,20H,10H2,1-3H3. The van der Waals surface area contributed by atoms with Crippen LogP contribution in [0.1, 0.15) is 25.0 Å². The van der Waals surface area contributed by atoms with Crippen molar-refractivity contribution in [3.63, 3.8) is 0 Å². The average molecular weight is 369 g/mol. The molecule has 0 aliphatic carbocycles. The van der Waals surface area contributed by atoms with E-state index >= 15 is 0 Å². The highest BCUT2D eigenvalue weighted by molar-refractivity contribution is 9.10. The predicted molar refractivity (Wildman–Crippen MR) is 93.4 cm³/mol. The van der Waals surface area contributed by atoms with E-state index in [0.29, 0.717) is 0 Å². The molecule has 0 saturated heterocycles. The van der Waals surface area contributed by atoms with Crippen LogP contribution in [-0.2, 0) is 6.54 Å². The Kier molecular flexibility index (Phi) is 5.54. The molecular formula is C17H19BrClNO. The molecule has 0 atom stereocenters. The van der Waals surface area contributed by atoms with E-state index in [-0.39, 0.29) is 6.10 Å². The van der Waals surface area contributed by atoms with Crippen LogP contribution in [-0.4, -0.2) is 6.10 Å². The van der Waals surface area contributed by atoms with Crippen molar-refractivity contribution in [1.82, 2.24) is 0 Å². The zero-order valence-corrected chi connectivity index (χ0v) is 14.8. The van der Waals surface area contributed by atoms with Gasteiger partial charge in [0, 0.05) is 17.3 Å². The summed E-state index contributed by atoms with van der Waals surface area (Å²) in [6, 6.07) is 12.1. The van der Waals surface area contributed by atoms with Crippen molar-refractivity contribution >= 4 is 33.2 Å². The Hall–Kier alpha value is -1.19. The van der Waals surface area contributed by atoms with Crippen LogP contribution in [0, 0.1) is 6.92 Å². The highest BCUT2D eigenvalue weighted by Gasteiger charge is 2.05. The summed E-state index contributed by atoms with van der Waals surface area (Å²) >= 11 is 9.68. The first-order chi connectivity index (χ1) is 9.95. The van der Waals surface area contributed by atoms with Crippen LogP contribution in [0.5, 0.6) is 5.75 Å². The summed E-state index contributed by atoms with van der Waals surface area (Å²) in [5, 5.41) is 4.15. The summed E-state index contributed by atoms with van der Waals surface area (Å²) in [6.07, 6.45) is 0.167. The first kappa shape index (κ1) is 16.2. The van der Waals surface area contributed by atoms with Gasteiger partial charge in [0.1, 0.15) is 5.75 Å². The lowest BCUT2D eigenvalue weighted by molar-refractivity contribution is 0.241. The normalized spacial score (nSPS) is 10.8. The Morgan fingerprint density at radius 2 is 1.95 bits per heavy atom. The minimum atomic E-state index is 0.167. The summed E-state index contributed by atoms with van der Waals surface area (Å²) in [7, 11) is 0. The lowest BCUT2D eigenvalue weighted by Gasteiger charge is -2.13. The lowest BCUT2D eigenvalue weighted by atomic mass is 10.2. The van der Waals surface area contributed by atoms with Gasteiger partial charge in [-0.15, -0.1) is 0 Å². The number of aryl methyl sites for hydroxylation is 1. The third-order valence-corrected chi connectivity index (χ3v) is 4.05. The zero-order chi connectivity index (χ0) is 15.4. The Morgan fingerprint density at radius 3 is 2.57 bits per heavy atom. The fraction of sp³-hybridized carbons (Fsp3) is 0.294. The number of hydrogen-bond acceptors (Lipinski definition) is 2. The second kappa shape index (κ2) is 7.19. The maximum Gasteiger partial charge on any atom is 0.133 e. The largest absolute Gasteiger partial charge is 0.490 e. The first-order valence-electron chi connectivity index (χ1n) is 6.91. The molecule has 0 saturated carbocycles. The molecule has 2 aromatic carbocycles. The number of hydrogen-bond donors (Lipinski definition) is 1. The second-order valence-electron chi connectivity index (χ2n) is 5.25. The summed E-state index contributed by atoms with van der Waals surface area (Å²) in [4.78, 5) is 0. The number of nitrogens with one attached hydrogen (secondary N) is 1. The van der Waals surface area contributed by atoms with Crippen molar-refractivity contribution in [3.8, 4) is 5.75 Å². The molecule has 2 aromatic rings. The first-order valence-corrected chi connectivity index (χ1v) is 8.08. The van der Waals surface area contributed by atoms with Crippen LogP contribution in [0.3, 0.4) is 0 Å². The SMILES string of the molecule is Cc1ccc(NCc2ccc(OC(C)C)c(Br)c2)cc1Cl. The average Bonchev–Trinajstić information content (AvgIpc) is 2.42. The molecule has 1 N–H and O–H groups in total. The van der Waals surface area contributed by atoms with Crippen LogP contribution >= 0.6 is 27.5 Å². The maximum absolute atomic E-state index is 6.13. The van der Waals surface area contributed by atoms with E-state index in [2.05, 4.69) is 33.4 Å². The molecule has 21 heavy (non-hydrogen) atoms. The van der Waals surface area contributed by atoms with Gasteiger partial charge in [0.05, 0.1) is 10.6 Å². The zero-order valence-electron chi connectivity index (χ0n) is 12.4. The van der Waals surface area contributed by atoms with Gasteiger partial charge in [-0.2, -0.15) is 0 Å². The van der Waals surface area contributed by atoms with Crippen molar-refractivity contribution in [3.05, 3.63) is 57.0 Å². The van der Waals surface area contributed by atoms with Crippen LogP contribution < -0.4 is 10.1 Å². The van der Waals surface area contributed by atoms with Crippen LogP contribution in [0.15, 0.2) is 40.9 Å². The van der Waals surface area contributed by atoms with E-state index in [1.807, 2.05) is 45.0 Å². The van der Waals surface area contributed by atoms with E-state index in [9.17, 15) is 0 Å². The minimum absolute atomic E-state index is 0.167. The van der Waals surface area contributed by atoms with Gasteiger partial charge in [-0.25, -0.2) is 0 Å². The summed E-state index contributed by atoms with van der Waals surface area (Å²) < 4.78 is 6.68. The van der Waals surface area contributed by atoms with Gasteiger partial charge >= 0.3 is 0 Å². The van der Waals surface area contributed by atoms with Crippen LogP contribution in [0.25, 0.3) is 0 Å². The molecule has 2 rings (SSSR count). The third kappa shape index (κ3) is 4.65. The smallest absolute Gasteiger partial charge is 0.133 e. The highest BCUT2D eigenvalue weighted by atomic mass is 79.9.